The number of hydrogen-bond donors (Lipinski definition) is 7. The maximum absolute atomic E-state index is 9.43. The summed E-state index contributed by atoms with van der Waals surface area (Å²) < 4.78 is 0. The predicted octanol–water partition coefficient (Wildman–Crippen LogP) is -2.61. The van der Waals surface area contributed by atoms with Crippen LogP contribution < -0.4 is 0 Å². The summed E-state index contributed by atoms with van der Waals surface area (Å²) in [5.41, 5.74) is 0. The van der Waals surface area contributed by atoms with Crippen molar-refractivity contribution < 1.29 is 35.7 Å². The van der Waals surface area contributed by atoms with Gasteiger partial charge in [0.1, 0.15) is 0 Å². The van der Waals surface area contributed by atoms with Crippen molar-refractivity contribution in [3.05, 3.63) is 0 Å². The van der Waals surface area contributed by atoms with Crippen LogP contribution in [0, 0.1) is 0 Å². The third-order valence-corrected chi connectivity index (χ3v) is 9.60. The van der Waals surface area contributed by atoms with Crippen molar-refractivity contribution >= 4 is 29.9 Å². The van der Waals surface area contributed by atoms with Crippen molar-refractivity contribution in [2.45, 2.75) is 63.6 Å². The fourth-order valence-electron chi connectivity index (χ4n) is 2.22. The molecule has 0 amide bonds. The zero-order valence-corrected chi connectivity index (χ0v) is 15.7. The van der Waals surface area contributed by atoms with Gasteiger partial charge in [0.05, 0.1) is 0 Å². The van der Waals surface area contributed by atoms with Crippen LogP contribution in [0.1, 0.15) is 12.8 Å². The quantitative estimate of drug-likeness (QED) is 0.233. The summed E-state index contributed by atoms with van der Waals surface area (Å²) in [6.45, 7) is 0.191. The molecule has 0 spiro atoms. The molecule has 2 heterocycles. The first-order valence-corrected chi connectivity index (χ1v) is 11.7. The molecule has 0 aromatic heterocycles. The molecule has 7 unspecified atom stereocenters. The second kappa shape index (κ2) is 10.6. The van der Waals surface area contributed by atoms with E-state index < -0.39 is 30.5 Å². The molecule has 2 aliphatic rings. The fraction of sp³-hybridized carbons (Fsp3) is 1.00. The van der Waals surface area contributed by atoms with Gasteiger partial charge < -0.3 is 0 Å². The first-order chi connectivity index (χ1) is 10.4. The summed E-state index contributed by atoms with van der Waals surface area (Å²) in [7, 11) is 0. The number of rotatable bonds is 3. The molecule has 0 aromatic carbocycles. The van der Waals surface area contributed by atoms with Gasteiger partial charge in [-0.05, 0) is 0 Å². The maximum atomic E-state index is 9.43. The Morgan fingerprint density at radius 1 is 0.773 bits per heavy atom. The van der Waals surface area contributed by atoms with Crippen LogP contribution in [0.25, 0.3) is 0 Å². The normalized spacial score (nSPS) is 42.4. The number of aliphatic hydroxyl groups is 7. The van der Waals surface area contributed by atoms with Crippen LogP contribution in [0.4, 0.5) is 0 Å². The molecule has 9 heteroatoms. The van der Waals surface area contributed by atoms with Gasteiger partial charge in [0.25, 0.3) is 0 Å². The minimum absolute atomic E-state index is 0.0131. The van der Waals surface area contributed by atoms with E-state index in [0.717, 1.165) is 0 Å². The van der Waals surface area contributed by atoms with Gasteiger partial charge in [-0.2, -0.15) is 0 Å². The third kappa shape index (κ3) is 6.34. The average Bonchev–Trinajstić information content (AvgIpc) is 2.51. The Hall–Kier alpha value is 0.759. The predicted molar refractivity (Wildman–Crippen MR) is 82.1 cm³/mol. The van der Waals surface area contributed by atoms with E-state index in [1.54, 1.807) is 0 Å². The summed E-state index contributed by atoms with van der Waals surface area (Å²) in [4.78, 5) is 0.242. The van der Waals surface area contributed by atoms with E-state index in [1.807, 2.05) is 0 Å². The summed E-state index contributed by atoms with van der Waals surface area (Å²) in [5, 5.41) is 64.7. The van der Waals surface area contributed by atoms with E-state index in [1.165, 1.54) is 0 Å². The van der Waals surface area contributed by atoms with Crippen LogP contribution >= 0.6 is 0 Å². The van der Waals surface area contributed by atoms with Gasteiger partial charge in [-0.15, -0.1) is 0 Å². The molecule has 2 saturated heterocycles. The molecule has 0 aliphatic carbocycles. The molecule has 0 saturated carbocycles. The molecule has 7 nitrogen and oxygen atoms in total. The fourth-order valence-corrected chi connectivity index (χ4v) is 7.26. The molecular weight excluding hydrogens is 426 g/mol. The van der Waals surface area contributed by atoms with Gasteiger partial charge in [-0.25, -0.2) is 0 Å². The Bertz CT molecular complexity index is 310. The molecule has 2 fully saturated rings. The van der Waals surface area contributed by atoms with Gasteiger partial charge in [0.2, 0.25) is 0 Å². The van der Waals surface area contributed by atoms with Crippen LogP contribution in [-0.4, -0.2) is 109 Å². The van der Waals surface area contributed by atoms with E-state index in [-0.39, 0.29) is 37.8 Å². The topological polar surface area (TPSA) is 142 Å². The zero-order valence-electron chi connectivity index (χ0n) is 12.2. The molecule has 7 N–H and O–H groups in total. The summed E-state index contributed by atoms with van der Waals surface area (Å²) in [6, 6.07) is 0. The standard InChI is InChI=1S/C7H14O4Se.C6H12O3Se/c8-2-1-5-7(11)6(10)4(9)3-12-5;7-2-4-1-5(8)6(9)3-10-4/h4-11H,1-3H2;4-9H,1-3H2. The Morgan fingerprint density at radius 2 is 1.41 bits per heavy atom. The monoisotopic (exact) mass is 454 g/mol. The van der Waals surface area contributed by atoms with Crippen LogP contribution in [-0.2, 0) is 0 Å². The number of aliphatic hydroxyl groups excluding tert-OH is 7. The van der Waals surface area contributed by atoms with Crippen LogP contribution in [0.5, 0.6) is 0 Å². The van der Waals surface area contributed by atoms with E-state index in [9.17, 15) is 15.3 Å². The summed E-state index contributed by atoms with van der Waals surface area (Å²) in [5.74, 6) is 0. The molecular formula is C13H26O7Se2. The van der Waals surface area contributed by atoms with Gasteiger partial charge in [0, 0.05) is 0 Å². The third-order valence-electron chi connectivity index (χ3n) is 3.67. The second-order valence-corrected chi connectivity index (χ2v) is 10.9. The van der Waals surface area contributed by atoms with Crippen molar-refractivity contribution in [2.24, 2.45) is 0 Å². The van der Waals surface area contributed by atoms with Gasteiger partial charge >= 0.3 is 143 Å². The van der Waals surface area contributed by atoms with Crippen molar-refractivity contribution in [3.63, 3.8) is 0 Å². The van der Waals surface area contributed by atoms with Gasteiger partial charge in [-0.1, -0.05) is 0 Å². The van der Waals surface area contributed by atoms with Crippen LogP contribution in [0.3, 0.4) is 0 Å². The first-order valence-electron chi connectivity index (χ1n) is 7.26. The molecule has 2 aliphatic heterocycles. The van der Waals surface area contributed by atoms with Crippen LogP contribution in [0.2, 0.25) is 20.3 Å². The van der Waals surface area contributed by atoms with E-state index in [4.69, 9.17) is 20.4 Å². The average molecular weight is 452 g/mol. The zero-order chi connectivity index (χ0) is 16.7. The van der Waals surface area contributed by atoms with Crippen molar-refractivity contribution in [2.75, 3.05) is 13.2 Å². The second-order valence-electron chi connectivity index (χ2n) is 5.44. The summed E-state index contributed by atoms with van der Waals surface area (Å²) in [6.07, 6.45) is -2.73. The van der Waals surface area contributed by atoms with Crippen molar-refractivity contribution in [1.29, 1.82) is 0 Å². The molecule has 2 rings (SSSR count). The first kappa shape index (κ1) is 20.8. The minimum atomic E-state index is -1.03. The summed E-state index contributed by atoms with van der Waals surface area (Å²) >= 11 is 0.439. The Morgan fingerprint density at radius 3 is 1.95 bits per heavy atom. The van der Waals surface area contributed by atoms with E-state index in [2.05, 4.69) is 0 Å². The van der Waals surface area contributed by atoms with Crippen molar-refractivity contribution in [1.82, 2.24) is 0 Å². The Kier molecular flexibility index (Phi) is 10.0. The molecule has 0 aromatic rings. The van der Waals surface area contributed by atoms with Crippen LogP contribution in [0.15, 0.2) is 0 Å². The molecule has 22 heavy (non-hydrogen) atoms. The SMILES string of the molecule is OCC1CC(O)C(O)C[Se]1.OCCC1[Se]CC(O)C(O)C1O. The molecule has 0 radical (unpaired) electrons. The molecule has 0 bridgehead atoms. The Balaban J connectivity index is 0.000000224. The number of hydrogen-bond acceptors (Lipinski definition) is 7. The van der Waals surface area contributed by atoms with E-state index in [0.29, 0.717) is 38.4 Å². The molecule has 132 valence electrons. The van der Waals surface area contributed by atoms with Gasteiger partial charge in [-0.3, -0.25) is 0 Å². The van der Waals surface area contributed by atoms with Crippen molar-refractivity contribution in [3.8, 4) is 0 Å². The Labute approximate surface area is 142 Å². The van der Waals surface area contributed by atoms with Gasteiger partial charge in [0.15, 0.2) is 0 Å². The molecule has 7 atom stereocenters. The van der Waals surface area contributed by atoms with E-state index >= 15 is 0 Å².